The van der Waals surface area contributed by atoms with Crippen LogP contribution in [0.3, 0.4) is 0 Å². The van der Waals surface area contributed by atoms with Gasteiger partial charge in [0.1, 0.15) is 5.60 Å². The van der Waals surface area contributed by atoms with E-state index >= 15 is 0 Å². The summed E-state index contributed by atoms with van der Waals surface area (Å²) in [6, 6.07) is 0. The second-order valence-corrected chi connectivity index (χ2v) is 9.41. The SMILES string of the molecule is CC(C)(C)OC(=O)NC12C3C4C1C1C2C3C41I. The summed E-state index contributed by atoms with van der Waals surface area (Å²) in [5, 5.41) is 3.22. The Labute approximate surface area is 114 Å². The first-order valence-corrected chi connectivity index (χ1v) is 7.61. The van der Waals surface area contributed by atoms with Crippen LogP contribution in [-0.4, -0.2) is 20.7 Å². The van der Waals surface area contributed by atoms with Crippen molar-refractivity contribution in [2.75, 3.05) is 0 Å². The van der Waals surface area contributed by atoms with Crippen molar-refractivity contribution >= 4 is 28.7 Å². The van der Waals surface area contributed by atoms with Gasteiger partial charge in [-0.05, 0) is 56.3 Å². The fraction of sp³-hybridized carbons (Fsp3) is 0.923. The van der Waals surface area contributed by atoms with Crippen LogP contribution in [0.15, 0.2) is 0 Å². The van der Waals surface area contributed by atoms with E-state index in [-0.39, 0.29) is 17.2 Å². The molecule has 3 nitrogen and oxygen atoms in total. The minimum atomic E-state index is -0.382. The molecule has 6 aliphatic carbocycles. The van der Waals surface area contributed by atoms with Gasteiger partial charge >= 0.3 is 6.09 Å². The van der Waals surface area contributed by atoms with E-state index in [0.717, 1.165) is 35.5 Å². The molecule has 1 N–H and O–H groups in total. The normalized spacial score (nSPS) is 66.4. The number of halogens is 1. The molecule has 6 rings (SSSR count). The highest BCUT2D eigenvalue weighted by Gasteiger charge is 3.10. The largest absolute Gasteiger partial charge is 0.444 e. The Morgan fingerprint density at radius 3 is 2.00 bits per heavy atom. The highest BCUT2D eigenvalue weighted by molar-refractivity contribution is 14.1. The summed E-state index contributed by atoms with van der Waals surface area (Å²) < 4.78 is 6.08. The number of carbonyl (C=O) groups is 1. The number of hydrogen-bond donors (Lipinski definition) is 1. The number of nitrogens with one attached hydrogen (secondary N) is 1. The van der Waals surface area contributed by atoms with Gasteiger partial charge in [0, 0.05) is 3.42 Å². The molecule has 0 unspecified atom stereocenters. The highest BCUT2D eigenvalue weighted by atomic mass is 127. The van der Waals surface area contributed by atoms with Gasteiger partial charge in [0.05, 0.1) is 5.54 Å². The fourth-order valence-electron chi connectivity index (χ4n) is 6.13. The van der Waals surface area contributed by atoms with Crippen molar-refractivity contribution in [3.63, 3.8) is 0 Å². The lowest BCUT2D eigenvalue weighted by atomic mass is 8.98. The molecule has 0 heterocycles. The van der Waals surface area contributed by atoms with Crippen LogP contribution in [0.4, 0.5) is 4.79 Å². The molecule has 6 fully saturated rings. The van der Waals surface area contributed by atoms with E-state index in [1.165, 1.54) is 0 Å². The first-order valence-electron chi connectivity index (χ1n) is 6.53. The molecule has 6 aliphatic rings. The molecule has 0 aliphatic heterocycles. The zero-order chi connectivity index (χ0) is 12.0. The molecular formula is C13H16INO2. The van der Waals surface area contributed by atoms with Gasteiger partial charge in [-0.3, -0.25) is 0 Å². The van der Waals surface area contributed by atoms with Gasteiger partial charge in [0.25, 0.3) is 0 Å². The molecule has 92 valence electrons. The minimum Gasteiger partial charge on any atom is -0.444 e. The Balaban J connectivity index is 1.34. The monoisotopic (exact) mass is 345 g/mol. The molecule has 0 saturated heterocycles. The third kappa shape index (κ3) is 0.640. The lowest BCUT2D eigenvalue weighted by Crippen LogP contribution is -3.16. The first kappa shape index (κ1) is 9.87. The van der Waals surface area contributed by atoms with Gasteiger partial charge in [-0.25, -0.2) is 4.79 Å². The fourth-order valence-corrected chi connectivity index (χ4v) is 8.45. The molecule has 17 heavy (non-hydrogen) atoms. The maximum absolute atomic E-state index is 11.9. The van der Waals surface area contributed by atoms with Crippen LogP contribution in [-0.2, 0) is 4.74 Å². The van der Waals surface area contributed by atoms with E-state index in [1.807, 2.05) is 20.8 Å². The molecule has 4 heteroatoms. The van der Waals surface area contributed by atoms with E-state index in [2.05, 4.69) is 27.9 Å². The second kappa shape index (κ2) is 2.14. The number of hydrogen-bond acceptors (Lipinski definition) is 2. The summed E-state index contributed by atoms with van der Waals surface area (Å²) in [7, 11) is 0. The topological polar surface area (TPSA) is 38.3 Å². The van der Waals surface area contributed by atoms with Gasteiger partial charge in [-0.15, -0.1) is 0 Å². The van der Waals surface area contributed by atoms with Crippen LogP contribution in [0.5, 0.6) is 0 Å². The van der Waals surface area contributed by atoms with Gasteiger partial charge in [0.15, 0.2) is 0 Å². The maximum Gasteiger partial charge on any atom is 0.408 e. The minimum absolute atomic E-state index is 0.198. The Hall–Kier alpha value is 0. The zero-order valence-corrected chi connectivity index (χ0v) is 12.3. The molecule has 0 bridgehead atoms. The molecule has 0 aromatic rings. The molecular weight excluding hydrogens is 329 g/mol. The van der Waals surface area contributed by atoms with Crippen molar-refractivity contribution in [3.8, 4) is 0 Å². The van der Waals surface area contributed by atoms with Crippen LogP contribution >= 0.6 is 22.6 Å². The maximum atomic E-state index is 11.9. The Kier molecular flexibility index (Phi) is 1.24. The summed E-state index contributed by atoms with van der Waals surface area (Å²) in [4.78, 5) is 11.9. The van der Waals surface area contributed by atoms with E-state index in [1.54, 1.807) is 0 Å². The summed E-state index contributed by atoms with van der Waals surface area (Å²) in [5.41, 5.74) is -0.178. The summed E-state index contributed by atoms with van der Waals surface area (Å²) >= 11 is 2.70. The molecule has 6 saturated carbocycles. The summed E-state index contributed by atoms with van der Waals surface area (Å²) in [6.07, 6.45) is -0.198. The van der Waals surface area contributed by atoms with Crippen molar-refractivity contribution in [1.82, 2.24) is 5.32 Å². The number of alkyl halides is 1. The molecule has 0 spiro atoms. The lowest BCUT2D eigenvalue weighted by Gasteiger charge is -3.09. The quantitative estimate of drug-likeness (QED) is 0.585. The lowest BCUT2D eigenvalue weighted by molar-refractivity contribution is -0.552. The van der Waals surface area contributed by atoms with Crippen LogP contribution in [0, 0.1) is 35.5 Å². The van der Waals surface area contributed by atoms with Crippen LogP contribution < -0.4 is 5.32 Å². The average molecular weight is 345 g/mol. The number of ether oxygens (including phenoxy) is 1. The number of alkyl carbamates (subject to hydrolysis) is 1. The summed E-state index contributed by atoms with van der Waals surface area (Å²) in [5.74, 6) is 5.26. The van der Waals surface area contributed by atoms with Crippen LogP contribution in [0.2, 0.25) is 0 Å². The Morgan fingerprint density at radius 2 is 1.59 bits per heavy atom. The highest BCUT2D eigenvalue weighted by Crippen LogP contribution is 3.05. The molecule has 0 atom stereocenters. The van der Waals surface area contributed by atoms with Crippen LogP contribution in [0.1, 0.15) is 20.8 Å². The Morgan fingerprint density at radius 1 is 1.12 bits per heavy atom. The number of carbonyl (C=O) groups excluding carboxylic acids is 1. The Bertz CT molecular complexity index is 427. The third-order valence-corrected chi connectivity index (χ3v) is 8.38. The number of rotatable bonds is 1. The predicted octanol–water partition coefficient (Wildman–Crippen LogP) is 2.19. The molecule has 0 radical (unpaired) electrons. The van der Waals surface area contributed by atoms with Gasteiger partial charge in [0.2, 0.25) is 0 Å². The van der Waals surface area contributed by atoms with Crippen LogP contribution in [0.25, 0.3) is 0 Å². The standard InChI is InChI=1S/C13H16INO2/c1-11(2,3)17-10(16)15-13-7-4-8(13)6-9(13)5(7)12(4,6)14/h4-9H,1-3H3,(H,15,16). The smallest absolute Gasteiger partial charge is 0.408 e. The predicted molar refractivity (Wildman–Crippen MR) is 69.8 cm³/mol. The zero-order valence-electron chi connectivity index (χ0n) is 10.2. The molecule has 0 aromatic carbocycles. The van der Waals surface area contributed by atoms with Crippen molar-refractivity contribution in [1.29, 1.82) is 0 Å². The van der Waals surface area contributed by atoms with E-state index in [4.69, 9.17) is 4.74 Å². The van der Waals surface area contributed by atoms with Gasteiger partial charge < -0.3 is 10.1 Å². The number of amides is 1. The van der Waals surface area contributed by atoms with Gasteiger partial charge in [-0.2, -0.15) is 0 Å². The van der Waals surface area contributed by atoms with Gasteiger partial charge in [-0.1, -0.05) is 22.6 Å². The second-order valence-electron chi connectivity index (χ2n) is 7.54. The third-order valence-electron chi connectivity index (χ3n) is 6.23. The van der Waals surface area contributed by atoms with E-state index < -0.39 is 0 Å². The molecule has 1 amide bonds. The van der Waals surface area contributed by atoms with E-state index in [0.29, 0.717) is 3.42 Å². The van der Waals surface area contributed by atoms with Crippen molar-refractivity contribution in [2.45, 2.75) is 35.3 Å². The van der Waals surface area contributed by atoms with Crippen molar-refractivity contribution < 1.29 is 9.53 Å². The van der Waals surface area contributed by atoms with E-state index in [9.17, 15) is 4.79 Å². The van der Waals surface area contributed by atoms with Crippen molar-refractivity contribution in [2.24, 2.45) is 35.5 Å². The summed E-state index contributed by atoms with van der Waals surface area (Å²) in [6.45, 7) is 5.77. The average Bonchev–Trinajstić information content (AvgIpc) is 2.20. The molecule has 0 aromatic heterocycles. The van der Waals surface area contributed by atoms with Crippen molar-refractivity contribution in [3.05, 3.63) is 0 Å². The first-order chi connectivity index (χ1) is 7.83.